The molecule has 98 valence electrons. The van der Waals surface area contributed by atoms with E-state index < -0.39 is 0 Å². The second-order valence-electron chi connectivity index (χ2n) is 5.28. The first kappa shape index (κ1) is 12.0. The summed E-state index contributed by atoms with van der Waals surface area (Å²) in [7, 11) is 0. The molecule has 2 aliphatic rings. The van der Waals surface area contributed by atoms with Crippen LogP contribution in [0.15, 0.2) is 17.5 Å². The molecule has 2 bridgehead atoms. The number of aliphatic hydroxyl groups is 1. The van der Waals surface area contributed by atoms with Crippen molar-refractivity contribution in [3.05, 3.63) is 17.5 Å². The van der Waals surface area contributed by atoms with E-state index in [0.29, 0.717) is 11.8 Å². The van der Waals surface area contributed by atoms with Crippen molar-refractivity contribution in [3.8, 4) is 0 Å². The molecule has 5 heteroatoms. The average Bonchev–Trinajstić information content (AvgIpc) is 3.04. The minimum atomic E-state index is -0.145. The maximum Gasteiger partial charge on any atom is 0.320 e. The van der Waals surface area contributed by atoms with Crippen LogP contribution in [0.1, 0.15) is 19.3 Å². The van der Waals surface area contributed by atoms with Gasteiger partial charge in [0.25, 0.3) is 0 Å². The highest BCUT2D eigenvalue weighted by Crippen LogP contribution is 2.48. The van der Waals surface area contributed by atoms with E-state index in [9.17, 15) is 9.90 Å². The molecule has 1 aromatic rings. The third-order valence-electron chi connectivity index (χ3n) is 4.35. The highest BCUT2D eigenvalue weighted by atomic mass is 32.1. The van der Waals surface area contributed by atoms with Crippen molar-refractivity contribution in [3.63, 3.8) is 0 Å². The van der Waals surface area contributed by atoms with E-state index in [-0.39, 0.29) is 24.6 Å². The molecule has 3 N–H and O–H groups in total. The normalized spacial score (nSPS) is 33.6. The number of aliphatic hydroxyl groups excluding tert-OH is 1. The van der Waals surface area contributed by atoms with Crippen molar-refractivity contribution in [1.82, 2.24) is 5.32 Å². The molecule has 4 nitrogen and oxygen atoms in total. The summed E-state index contributed by atoms with van der Waals surface area (Å²) < 4.78 is 0. The third kappa shape index (κ3) is 2.12. The van der Waals surface area contributed by atoms with Gasteiger partial charge in [-0.25, -0.2) is 4.79 Å². The van der Waals surface area contributed by atoms with Gasteiger partial charge in [-0.1, -0.05) is 0 Å². The number of hydrogen-bond acceptors (Lipinski definition) is 3. The SMILES string of the molecule is O=C(Nc1cccs1)N[C@@H]1[C@H]2CC[C@@H](C2)[C@H]1CO. The van der Waals surface area contributed by atoms with Crippen LogP contribution in [0.2, 0.25) is 0 Å². The standard InChI is InChI=1S/C13H18N2O2S/c16-7-10-8-3-4-9(6-8)12(10)15-13(17)14-11-2-1-5-18-11/h1-2,5,8-10,12,16H,3-4,6-7H2,(H2,14,15,17)/t8-,9-,10+,12+/m0/s1. The number of anilines is 1. The van der Waals surface area contributed by atoms with Crippen LogP contribution in [0.3, 0.4) is 0 Å². The van der Waals surface area contributed by atoms with Crippen LogP contribution in [0.4, 0.5) is 9.80 Å². The molecule has 1 heterocycles. The Labute approximate surface area is 110 Å². The van der Waals surface area contributed by atoms with E-state index in [1.54, 1.807) is 0 Å². The molecule has 0 aromatic carbocycles. The summed E-state index contributed by atoms with van der Waals surface area (Å²) in [6.07, 6.45) is 3.56. The van der Waals surface area contributed by atoms with Gasteiger partial charge in [-0.05, 0) is 48.6 Å². The Morgan fingerprint density at radius 1 is 1.44 bits per heavy atom. The van der Waals surface area contributed by atoms with Crippen molar-refractivity contribution in [1.29, 1.82) is 0 Å². The summed E-state index contributed by atoms with van der Waals surface area (Å²) in [6, 6.07) is 3.80. The number of carbonyl (C=O) groups is 1. The van der Waals surface area contributed by atoms with Crippen LogP contribution in [0, 0.1) is 17.8 Å². The zero-order valence-corrected chi connectivity index (χ0v) is 11.0. The Hall–Kier alpha value is -1.07. The quantitative estimate of drug-likeness (QED) is 0.786. The lowest BCUT2D eigenvalue weighted by atomic mass is 9.85. The van der Waals surface area contributed by atoms with E-state index >= 15 is 0 Å². The zero-order valence-electron chi connectivity index (χ0n) is 10.1. The number of amides is 2. The fourth-order valence-corrected chi connectivity index (χ4v) is 4.16. The largest absolute Gasteiger partial charge is 0.396 e. The van der Waals surface area contributed by atoms with Gasteiger partial charge in [0.2, 0.25) is 0 Å². The van der Waals surface area contributed by atoms with E-state index in [4.69, 9.17) is 0 Å². The summed E-state index contributed by atoms with van der Waals surface area (Å²) in [6.45, 7) is 0.186. The Balaban J connectivity index is 1.60. The smallest absolute Gasteiger partial charge is 0.320 e. The predicted molar refractivity (Wildman–Crippen MR) is 71.7 cm³/mol. The molecule has 2 fully saturated rings. The number of rotatable bonds is 3. The number of fused-ring (bicyclic) bond motifs is 2. The Bertz CT molecular complexity index is 421. The molecule has 1 aromatic heterocycles. The molecule has 0 radical (unpaired) electrons. The molecule has 2 aliphatic carbocycles. The van der Waals surface area contributed by atoms with Crippen LogP contribution in [-0.2, 0) is 0 Å². The Morgan fingerprint density at radius 3 is 3.00 bits per heavy atom. The maximum atomic E-state index is 11.9. The molecule has 0 spiro atoms. The van der Waals surface area contributed by atoms with Crippen LogP contribution in [-0.4, -0.2) is 23.8 Å². The fraction of sp³-hybridized carbons (Fsp3) is 0.615. The van der Waals surface area contributed by atoms with Crippen LogP contribution in [0.5, 0.6) is 0 Å². The van der Waals surface area contributed by atoms with Gasteiger partial charge in [-0.2, -0.15) is 0 Å². The second-order valence-corrected chi connectivity index (χ2v) is 6.23. The lowest BCUT2D eigenvalue weighted by molar-refractivity contribution is 0.146. The molecular weight excluding hydrogens is 248 g/mol. The highest BCUT2D eigenvalue weighted by molar-refractivity contribution is 7.14. The van der Waals surface area contributed by atoms with Gasteiger partial charge in [0, 0.05) is 18.6 Å². The first-order chi connectivity index (χ1) is 8.78. The highest BCUT2D eigenvalue weighted by Gasteiger charge is 2.47. The van der Waals surface area contributed by atoms with Gasteiger partial charge in [0.1, 0.15) is 0 Å². The van der Waals surface area contributed by atoms with Crippen LogP contribution >= 0.6 is 11.3 Å². The number of urea groups is 1. The molecule has 2 saturated carbocycles. The van der Waals surface area contributed by atoms with Crippen molar-refractivity contribution < 1.29 is 9.90 Å². The minimum Gasteiger partial charge on any atom is -0.396 e. The molecule has 0 unspecified atom stereocenters. The van der Waals surface area contributed by atoms with Gasteiger partial charge in [-0.15, -0.1) is 11.3 Å². The predicted octanol–water partition coefficient (Wildman–Crippen LogP) is 2.28. The van der Waals surface area contributed by atoms with Crippen molar-refractivity contribution >= 4 is 22.4 Å². The van der Waals surface area contributed by atoms with E-state index in [1.165, 1.54) is 24.2 Å². The molecule has 18 heavy (non-hydrogen) atoms. The molecular formula is C13H18N2O2S. The van der Waals surface area contributed by atoms with E-state index in [1.807, 2.05) is 17.5 Å². The summed E-state index contributed by atoms with van der Waals surface area (Å²) in [5.41, 5.74) is 0. The van der Waals surface area contributed by atoms with Crippen molar-refractivity contribution in [2.45, 2.75) is 25.3 Å². The van der Waals surface area contributed by atoms with Gasteiger partial charge in [0.05, 0.1) is 5.00 Å². The van der Waals surface area contributed by atoms with Gasteiger partial charge in [-0.3, -0.25) is 5.32 Å². The van der Waals surface area contributed by atoms with Gasteiger partial charge in [0.15, 0.2) is 0 Å². The first-order valence-electron chi connectivity index (χ1n) is 6.50. The molecule has 0 saturated heterocycles. The molecule has 2 amide bonds. The topological polar surface area (TPSA) is 61.4 Å². The zero-order chi connectivity index (χ0) is 12.5. The molecule has 3 rings (SSSR count). The lowest BCUT2D eigenvalue weighted by Crippen LogP contribution is -2.46. The van der Waals surface area contributed by atoms with Crippen molar-refractivity contribution in [2.24, 2.45) is 17.8 Å². The van der Waals surface area contributed by atoms with Crippen LogP contribution in [0.25, 0.3) is 0 Å². The molecule has 0 aliphatic heterocycles. The maximum absolute atomic E-state index is 11.9. The Kier molecular flexibility index (Phi) is 3.26. The number of carbonyl (C=O) groups excluding carboxylic acids is 1. The minimum absolute atomic E-state index is 0.145. The number of hydrogen-bond donors (Lipinski definition) is 3. The third-order valence-corrected chi connectivity index (χ3v) is 5.14. The van der Waals surface area contributed by atoms with Gasteiger partial charge < -0.3 is 10.4 Å². The number of thiophene rings is 1. The Morgan fingerprint density at radius 2 is 2.28 bits per heavy atom. The van der Waals surface area contributed by atoms with E-state index in [0.717, 1.165) is 11.4 Å². The summed E-state index contributed by atoms with van der Waals surface area (Å²) >= 11 is 1.51. The van der Waals surface area contributed by atoms with E-state index in [2.05, 4.69) is 10.6 Å². The monoisotopic (exact) mass is 266 g/mol. The average molecular weight is 266 g/mol. The summed E-state index contributed by atoms with van der Waals surface area (Å²) in [4.78, 5) is 11.9. The summed E-state index contributed by atoms with van der Waals surface area (Å²) in [5, 5.41) is 18.1. The number of nitrogens with one attached hydrogen (secondary N) is 2. The van der Waals surface area contributed by atoms with Crippen LogP contribution < -0.4 is 10.6 Å². The van der Waals surface area contributed by atoms with Gasteiger partial charge >= 0.3 is 6.03 Å². The first-order valence-corrected chi connectivity index (χ1v) is 7.38. The second kappa shape index (κ2) is 4.90. The summed E-state index contributed by atoms with van der Waals surface area (Å²) in [5.74, 6) is 1.41. The lowest BCUT2D eigenvalue weighted by Gasteiger charge is -2.30. The molecule has 4 atom stereocenters. The fourth-order valence-electron chi connectivity index (χ4n) is 3.55. The van der Waals surface area contributed by atoms with Crippen molar-refractivity contribution in [2.75, 3.05) is 11.9 Å².